The molecule has 0 aliphatic rings. The molecule has 0 aromatic heterocycles. The van der Waals surface area contributed by atoms with Crippen molar-refractivity contribution in [2.24, 2.45) is 11.8 Å². The van der Waals surface area contributed by atoms with Crippen LogP contribution in [0.25, 0.3) is 0 Å². The summed E-state index contributed by atoms with van der Waals surface area (Å²) in [7, 11) is 1.35. The van der Waals surface area contributed by atoms with Gasteiger partial charge in [0.1, 0.15) is 0 Å². The van der Waals surface area contributed by atoms with Crippen molar-refractivity contribution in [2.45, 2.75) is 13.8 Å². The fraction of sp³-hybridized carbons (Fsp3) is 0.429. The summed E-state index contributed by atoms with van der Waals surface area (Å²) in [5.74, 6) is -0.114. The lowest BCUT2D eigenvalue weighted by atomic mass is 9.97. The van der Waals surface area contributed by atoms with Gasteiger partial charge in [-0.15, -0.1) is 0 Å². The molecule has 0 saturated carbocycles. The Morgan fingerprint density at radius 1 is 1.50 bits per heavy atom. The topological polar surface area (TPSA) is 62.1 Å². The van der Waals surface area contributed by atoms with Crippen LogP contribution >= 0.6 is 0 Å². The minimum atomic E-state index is -0.362. The first-order valence-electron chi connectivity index (χ1n) is 5.90. The normalized spacial score (nSPS) is 11.7. The summed E-state index contributed by atoms with van der Waals surface area (Å²) in [6, 6.07) is 9.33. The molecule has 0 fully saturated rings. The number of anilines is 1. The van der Waals surface area contributed by atoms with Gasteiger partial charge in [0.2, 0.25) is 0 Å². The fourth-order valence-corrected chi connectivity index (χ4v) is 1.53. The van der Waals surface area contributed by atoms with E-state index in [0.717, 1.165) is 5.69 Å². The highest BCUT2D eigenvalue weighted by Crippen LogP contribution is 2.14. The van der Waals surface area contributed by atoms with Crippen LogP contribution in [0.5, 0.6) is 0 Å². The Morgan fingerprint density at radius 2 is 2.22 bits per heavy atom. The molecule has 1 aromatic rings. The number of rotatable bonds is 5. The fourth-order valence-electron chi connectivity index (χ4n) is 1.53. The summed E-state index contributed by atoms with van der Waals surface area (Å²) in [5.41, 5.74) is 1.32. The van der Waals surface area contributed by atoms with Crippen LogP contribution < -0.4 is 5.32 Å². The van der Waals surface area contributed by atoms with Crippen LogP contribution in [0.3, 0.4) is 0 Å². The molecule has 1 aromatic carbocycles. The van der Waals surface area contributed by atoms with Crippen LogP contribution in [0, 0.1) is 23.2 Å². The number of ether oxygens (including phenoxy) is 1. The quantitative estimate of drug-likeness (QED) is 0.811. The third-order valence-electron chi connectivity index (χ3n) is 2.78. The second kappa shape index (κ2) is 6.65. The molecule has 4 nitrogen and oxygen atoms in total. The van der Waals surface area contributed by atoms with Gasteiger partial charge in [-0.1, -0.05) is 19.9 Å². The Morgan fingerprint density at radius 3 is 2.78 bits per heavy atom. The average molecular weight is 246 g/mol. The molecule has 18 heavy (non-hydrogen) atoms. The van der Waals surface area contributed by atoms with E-state index in [9.17, 15) is 4.79 Å². The molecule has 0 amide bonds. The van der Waals surface area contributed by atoms with Crippen LogP contribution in [0.2, 0.25) is 0 Å². The number of benzene rings is 1. The minimum absolute atomic E-state index is 0.0493. The van der Waals surface area contributed by atoms with Crippen molar-refractivity contribution in [1.82, 2.24) is 0 Å². The van der Waals surface area contributed by atoms with Crippen LogP contribution in [-0.2, 0) is 4.74 Å². The van der Waals surface area contributed by atoms with Gasteiger partial charge in [-0.3, -0.25) is 0 Å². The van der Waals surface area contributed by atoms with Crippen LogP contribution in [0.1, 0.15) is 24.2 Å². The number of hydrogen-bond donors (Lipinski definition) is 1. The molecule has 1 unspecified atom stereocenters. The zero-order valence-electron chi connectivity index (χ0n) is 10.9. The maximum atomic E-state index is 11.4. The number of carbonyl (C=O) groups is 1. The van der Waals surface area contributed by atoms with E-state index in [1.165, 1.54) is 7.11 Å². The smallest absolute Gasteiger partial charge is 0.337 e. The lowest BCUT2D eigenvalue weighted by molar-refractivity contribution is 0.0601. The SMILES string of the molecule is COC(=O)c1cccc(NCC(C#N)C(C)C)c1. The van der Waals surface area contributed by atoms with E-state index in [2.05, 4.69) is 16.1 Å². The van der Waals surface area contributed by atoms with Gasteiger partial charge in [0.15, 0.2) is 0 Å². The molecular formula is C14H18N2O2. The Labute approximate surface area is 108 Å². The van der Waals surface area contributed by atoms with Crippen molar-refractivity contribution in [3.63, 3.8) is 0 Å². The Balaban J connectivity index is 2.69. The van der Waals surface area contributed by atoms with Crippen molar-refractivity contribution in [3.05, 3.63) is 29.8 Å². The van der Waals surface area contributed by atoms with Crippen molar-refractivity contribution in [1.29, 1.82) is 5.26 Å². The van der Waals surface area contributed by atoms with Crippen molar-refractivity contribution in [3.8, 4) is 6.07 Å². The van der Waals surface area contributed by atoms with Gasteiger partial charge in [-0.2, -0.15) is 5.26 Å². The summed E-state index contributed by atoms with van der Waals surface area (Å²) in [6.07, 6.45) is 0. The molecule has 0 heterocycles. The highest BCUT2D eigenvalue weighted by Gasteiger charge is 2.12. The van der Waals surface area contributed by atoms with Gasteiger partial charge in [0.05, 0.1) is 24.7 Å². The molecule has 0 bridgehead atoms. The van der Waals surface area contributed by atoms with E-state index in [-0.39, 0.29) is 11.9 Å². The van der Waals surface area contributed by atoms with E-state index in [0.29, 0.717) is 18.0 Å². The van der Waals surface area contributed by atoms with Gasteiger partial charge in [0, 0.05) is 12.2 Å². The monoisotopic (exact) mass is 246 g/mol. The summed E-state index contributed by atoms with van der Waals surface area (Å²) in [5, 5.41) is 12.2. The van der Waals surface area contributed by atoms with Crippen molar-refractivity contribution < 1.29 is 9.53 Å². The van der Waals surface area contributed by atoms with Gasteiger partial charge in [-0.25, -0.2) is 4.79 Å². The third kappa shape index (κ3) is 3.77. The van der Waals surface area contributed by atoms with E-state index >= 15 is 0 Å². The first kappa shape index (κ1) is 14.0. The maximum absolute atomic E-state index is 11.4. The van der Waals surface area contributed by atoms with Gasteiger partial charge in [0.25, 0.3) is 0 Å². The Kier molecular flexibility index (Phi) is 5.19. The number of nitriles is 1. The van der Waals surface area contributed by atoms with E-state index in [1.54, 1.807) is 18.2 Å². The van der Waals surface area contributed by atoms with Crippen LogP contribution in [-0.4, -0.2) is 19.6 Å². The van der Waals surface area contributed by atoms with Crippen molar-refractivity contribution >= 4 is 11.7 Å². The minimum Gasteiger partial charge on any atom is -0.465 e. The zero-order chi connectivity index (χ0) is 13.5. The number of nitrogens with zero attached hydrogens (tertiary/aromatic N) is 1. The first-order valence-corrected chi connectivity index (χ1v) is 5.90. The highest BCUT2D eigenvalue weighted by molar-refractivity contribution is 5.90. The zero-order valence-corrected chi connectivity index (χ0v) is 10.9. The first-order chi connectivity index (χ1) is 8.58. The second-order valence-electron chi connectivity index (χ2n) is 4.43. The lowest BCUT2D eigenvalue weighted by Gasteiger charge is -2.14. The Hall–Kier alpha value is -2.02. The number of methoxy groups -OCH3 is 1. The second-order valence-corrected chi connectivity index (χ2v) is 4.43. The summed E-state index contributed by atoms with van der Waals surface area (Å²) >= 11 is 0. The van der Waals surface area contributed by atoms with Crippen molar-refractivity contribution in [2.75, 3.05) is 19.0 Å². The van der Waals surface area contributed by atoms with Gasteiger partial charge in [-0.05, 0) is 24.1 Å². The molecule has 4 heteroatoms. The van der Waals surface area contributed by atoms with Crippen LogP contribution in [0.4, 0.5) is 5.69 Å². The molecule has 0 saturated heterocycles. The predicted molar refractivity (Wildman–Crippen MR) is 70.2 cm³/mol. The maximum Gasteiger partial charge on any atom is 0.337 e. The molecule has 1 N–H and O–H groups in total. The molecule has 96 valence electrons. The average Bonchev–Trinajstić information content (AvgIpc) is 2.38. The van der Waals surface area contributed by atoms with E-state index < -0.39 is 0 Å². The predicted octanol–water partition coefficient (Wildman–Crippen LogP) is 2.68. The van der Waals surface area contributed by atoms with Crippen LogP contribution in [0.15, 0.2) is 24.3 Å². The molecule has 1 rings (SSSR count). The van der Waals surface area contributed by atoms with Gasteiger partial charge >= 0.3 is 5.97 Å². The van der Waals surface area contributed by atoms with Gasteiger partial charge < -0.3 is 10.1 Å². The number of nitrogens with one attached hydrogen (secondary N) is 1. The molecule has 0 aliphatic heterocycles. The molecule has 0 radical (unpaired) electrons. The lowest BCUT2D eigenvalue weighted by Crippen LogP contribution is -2.18. The summed E-state index contributed by atoms with van der Waals surface area (Å²) in [4.78, 5) is 11.4. The standard InChI is InChI=1S/C14H18N2O2/c1-10(2)12(8-15)9-16-13-6-4-5-11(7-13)14(17)18-3/h4-7,10,12,16H,9H2,1-3H3. The number of hydrogen-bond acceptors (Lipinski definition) is 4. The van der Waals surface area contributed by atoms with E-state index in [4.69, 9.17) is 5.26 Å². The largest absolute Gasteiger partial charge is 0.465 e. The Bertz CT molecular complexity index is 449. The summed E-state index contributed by atoms with van der Waals surface area (Å²) in [6.45, 7) is 4.60. The van der Waals surface area contributed by atoms with E-state index in [1.807, 2.05) is 19.9 Å². The molecule has 1 atom stereocenters. The molecular weight excluding hydrogens is 228 g/mol. The molecule has 0 aliphatic carbocycles. The summed E-state index contributed by atoms with van der Waals surface area (Å²) < 4.78 is 4.66. The number of esters is 1. The third-order valence-corrected chi connectivity index (χ3v) is 2.78. The number of carbonyl (C=O) groups excluding carboxylic acids is 1. The highest BCUT2D eigenvalue weighted by atomic mass is 16.5. The molecule has 0 spiro atoms.